The Morgan fingerprint density at radius 2 is 1.92 bits per heavy atom. The number of piperazine rings is 1. The molecule has 0 radical (unpaired) electrons. The van der Waals surface area contributed by atoms with Gasteiger partial charge in [0, 0.05) is 37.4 Å². The van der Waals surface area contributed by atoms with Gasteiger partial charge in [0.05, 0.1) is 27.5 Å². The zero-order valence-corrected chi connectivity index (χ0v) is 22.8. The fourth-order valence-corrected chi connectivity index (χ4v) is 5.36. The van der Waals surface area contributed by atoms with Gasteiger partial charge in [0.2, 0.25) is 0 Å². The second kappa shape index (κ2) is 10.3. The number of carboxylic acid groups (broad SMARTS) is 1. The summed E-state index contributed by atoms with van der Waals surface area (Å²) in [6.45, 7) is 8.56. The number of aryl methyl sites for hydroxylation is 1. The van der Waals surface area contributed by atoms with Crippen LogP contribution >= 0.6 is 11.6 Å². The average Bonchev–Trinajstić information content (AvgIpc) is 2.88. The minimum absolute atomic E-state index is 0.00943. The third-order valence-electron chi connectivity index (χ3n) is 7.03. The molecule has 1 aromatic carbocycles. The maximum atomic E-state index is 14.9. The molecule has 0 spiro atoms. The van der Waals surface area contributed by atoms with Crippen LogP contribution in [0.5, 0.6) is 0 Å². The molecular weight excluding hydrogens is 523 g/mol. The number of aromatic nitrogens is 4. The van der Waals surface area contributed by atoms with Crippen LogP contribution in [-0.4, -0.2) is 61.3 Å². The summed E-state index contributed by atoms with van der Waals surface area (Å²) >= 11 is 6.70. The lowest BCUT2D eigenvalue weighted by Crippen LogP contribution is -2.54. The highest BCUT2D eigenvalue weighted by molar-refractivity contribution is 6.33. The Bertz CT molecular complexity index is 1660. The predicted octanol–water partition coefficient (Wildman–Crippen LogP) is 5.26. The number of nitrogens with zero attached hydrogens (tertiary/aromatic N) is 6. The summed E-state index contributed by atoms with van der Waals surface area (Å²) in [5, 5.41) is 10.2. The molecule has 5 rings (SSSR count). The Morgan fingerprint density at radius 1 is 1.18 bits per heavy atom. The molecule has 11 heteroatoms. The Hall–Kier alpha value is -4.05. The van der Waals surface area contributed by atoms with E-state index in [1.54, 1.807) is 37.4 Å². The van der Waals surface area contributed by atoms with Crippen molar-refractivity contribution in [2.24, 2.45) is 0 Å². The van der Waals surface area contributed by atoms with E-state index in [9.17, 15) is 19.1 Å². The van der Waals surface area contributed by atoms with Crippen molar-refractivity contribution in [3.05, 3.63) is 75.2 Å². The zero-order chi connectivity index (χ0) is 28.0. The molecule has 4 heterocycles. The van der Waals surface area contributed by atoms with Crippen LogP contribution in [0.3, 0.4) is 0 Å². The third-order valence-corrected chi connectivity index (χ3v) is 7.32. The van der Waals surface area contributed by atoms with Crippen molar-refractivity contribution in [2.45, 2.75) is 39.7 Å². The standard InChI is InChI=1S/C28H28ClFN6O3/c1-15(2)22-24(16(3)9-10-31-22)36-26-19(13-20(29)23(32-26)18-7-5-6-8-21(18)30)25(33-27(36)37)34-11-12-35(28(38)39)17(4)14-34/h5-10,13,15,17H,11-12,14H2,1-4H3,(H,38,39). The van der Waals surface area contributed by atoms with Gasteiger partial charge in [0.25, 0.3) is 0 Å². The van der Waals surface area contributed by atoms with E-state index in [0.29, 0.717) is 35.7 Å². The minimum Gasteiger partial charge on any atom is -0.465 e. The fraction of sp³-hybridized carbons (Fsp3) is 0.321. The Balaban J connectivity index is 1.82. The van der Waals surface area contributed by atoms with E-state index in [-0.39, 0.29) is 40.4 Å². The first-order chi connectivity index (χ1) is 18.6. The lowest BCUT2D eigenvalue weighted by atomic mass is 10.0. The third kappa shape index (κ3) is 4.69. The van der Waals surface area contributed by atoms with Crippen LogP contribution in [0.15, 0.2) is 47.4 Å². The van der Waals surface area contributed by atoms with Crippen LogP contribution in [0.1, 0.15) is 37.9 Å². The number of carbonyl (C=O) groups is 1. The smallest absolute Gasteiger partial charge is 0.407 e. The lowest BCUT2D eigenvalue weighted by molar-refractivity contribution is 0.122. The number of halogens is 2. The monoisotopic (exact) mass is 550 g/mol. The molecule has 1 unspecified atom stereocenters. The van der Waals surface area contributed by atoms with Crippen LogP contribution in [0.2, 0.25) is 5.02 Å². The normalized spacial score (nSPS) is 15.8. The number of rotatable bonds is 4. The van der Waals surface area contributed by atoms with Crippen LogP contribution in [0, 0.1) is 12.7 Å². The highest BCUT2D eigenvalue weighted by atomic mass is 35.5. The zero-order valence-electron chi connectivity index (χ0n) is 22.0. The van der Waals surface area contributed by atoms with Gasteiger partial charge < -0.3 is 14.9 Å². The summed E-state index contributed by atoms with van der Waals surface area (Å²) < 4.78 is 16.3. The molecule has 1 aliphatic rings. The van der Waals surface area contributed by atoms with E-state index in [4.69, 9.17) is 16.6 Å². The highest BCUT2D eigenvalue weighted by Crippen LogP contribution is 2.35. The number of amides is 1. The summed E-state index contributed by atoms with van der Waals surface area (Å²) in [4.78, 5) is 42.5. The first-order valence-electron chi connectivity index (χ1n) is 12.7. The Morgan fingerprint density at radius 3 is 2.59 bits per heavy atom. The summed E-state index contributed by atoms with van der Waals surface area (Å²) in [6, 6.07) is 9.32. The maximum Gasteiger partial charge on any atom is 0.407 e. The van der Waals surface area contributed by atoms with E-state index in [2.05, 4.69) is 9.97 Å². The van der Waals surface area contributed by atoms with Crippen LogP contribution in [0.25, 0.3) is 28.0 Å². The van der Waals surface area contributed by atoms with E-state index < -0.39 is 17.6 Å². The summed E-state index contributed by atoms with van der Waals surface area (Å²) in [7, 11) is 0. The van der Waals surface area contributed by atoms with Gasteiger partial charge in [-0.3, -0.25) is 4.98 Å². The number of pyridine rings is 2. The molecule has 1 aliphatic heterocycles. The van der Waals surface area contributed by atoms with Crippen molar-refractivity contribution >= 4 is 34.5 Å². The molecule has 0 saturated carbocycles. The van der Waals surface area contributed by atoms with Gasteiger partial charge in [-0.25, -0.2) is 23.5 Å². The molecule has 9 nitrogen and oxygen atoms in total. The molecule has 1 amide bonds. The Kier molecular flexibility index (Phi) is 6.98. The summed E-state index contributed by atoms with van der Waals surface area (Å²) in [5.74, 6) is -0.149. The van der Waals surface area contributed by atoms with Gasteiger partial charge >= 0.3 is 11.8 Å². The van der Waals surface area contributed by atoms with Crippen LogP contribution < -0.4 is 10.6 Å². The Labute approximate surface area is 229 Å². The van der Waals surface area contributed by atoms with Crippen molar-refractivity contribution in [1.29, 1.82) is 0 Å². The fourth-order valence-electron chi connectivity index (χ4n) is 5.11. The molecule has 0 aliphatic carbocycles. The largest absolute Gasteiger partial charge is 0.465 e. The molecule has 1 fully saturated rings. The quantitative estimate of drug-likeness (QED) is 0.370. The van der Waals surface area contributed by atoms with Crippen molar-refractivity contribution < 1.29 is 14.3 Å². The van der Waals surface area contributed by atoms with Crippen molar-refractivity contribution in [1.82, 2.24) is 24.4 Å². The van der Waals surface area contributed by atoms with Gasteiger partial charge in [-0.2, -0.15) is 4.98 Å². The average molecular weight is 551 g/mol. The number of benzene rings is 1. The molecule has 202 valence electrons. The van der Waals surface area contributed by atoms with Gasteiger partial charge in [-0.15, -0.1) is 0 Å². The molecular formula is C28H28ClFN6O3. The molecule has 3 aromatic heterocycles. The lowest BCUT2D eigenvalue weighted by Gasteiger charge is -2.39. The minimum atomic E-state index is -0.997. The van der Waals surface area contributed by atoms with E-state index in [1.807, 2.05) is 31.7 Å². The summed E-state index contributed by atoms with van der Waals surface area (Å²) in [5.41, 5.74) is 2.17. The number of hydrogen-bond acceptors (Lipinski definition) is 6. The maximum absolute atomic E-state index is 14.9. The second-order valence-electron chi connectivity index (χ2n) is 10.0. The van der Waals surface area contributed by atoms with Gasteiger partial charge in [0.1, 0.15) is 11.6 Å². The van der Waals surface area contributed by atoms with E-state index >= 15 is 0 Å². The highest BCUT2D eigenvalue weighted by Gasteiger charge is 2.30. The topological polar surface area (TPSA) is 104 Å². The SMILES string of the molecule is Cc1ccnc(C(C)C)c1-n1c(=O)nc(N2CCN(C(=O)O)C(C)C2)c2cc(Cl)c(-c3ccccc3F)nc21. The molecule has 4 aromatic rings. The van der Waals surface area contributed by atoms with Crippen molar-refractivity contribution in [3.63, 3.8) is 0 Å². The van der Waals surface area contributed by atoms with Gasteiger partial charge in [0.15, 0.2) is 5.65 Å². The number of hydrogen-bond donors (Lipinski definition) is 1. The van der Waals surface area contributed by atoms with Crippen molar-refractivity contribution in [3.8, 4) is 16.9 Å². The first kappa shape index (κ1) is 26.6. The van der Waals surface area contributed by atoms with E-state index in [0.717, 1.165) is 5.56 Å². The first-order valence-corrected chi connectivity index (χ1v) is 13.0. The second-order valence-corrected chi connectivity index (χ2v) is 10.4. The number of anilines is 1. The molecule has 1 atom stereocenters. The molecule has 1 N–H and O–H groups in total. The number of fused-ring (bicyclic) bond motifs is 1. The predicted molar refractivity (Wildman–Crippen MR) is 149 cm³/mol. The molecule has 0 bridgehead atoms. The van der Waals surface area contributed by atoms with E-state index in [1.165, 1.54) is 15.5 Å². The van der Waals surface area contributed by atoms with Crippen molar-refractivity contribution in [2.75, 3.05) is 24.5 Å². The van der Waals surface area contributed by atoms with Gasteiger partial charge in [-0.1, -0.05) is 37.6 Å². The molecule has 39 heavy (non-hydrogen) atoms. The van der Waals surface area contributed by atoms with Crippen LogP contribution in [0.4, 0.5) is 15.0 Å². The van der Waals surface area contributed by atoms with Gasteiger partial charge in [-0.05, 0) is 49.6 Å². The summed E-state index contributed by atoms with van der Waals surface area (Å²) in [6.07, 6.45) is 0.699. The van der Waals surface area contributed by atoms with Crippen LogP contribution in [-0.2, 0) is 0 Å². The molecule has 1 saturated heterocycles.